The minimum absolute atomic E-state index is 0.0291. The number of nitrogens with zero attached hydrogens (tertiary/aromatic N) is 4. The number of aromatic amines is 1. The van der Waals surface area contributed by atoms with Crippen molar-refractivity contribution in [1.29, 1.82) is 0 Å². The molecule has 1 aromatic carbocycles. The molecule has 2 aromatic heterocycles. The van der Waals surface area contributed by atoms with Gasteiger partial charge in [-0.2, -0.15) is 0 Å². The van der Waals surface area contributed by atoms with E-state index in [-0.39, 0.29) is 28.2 Å². The monoisotopic (exact) mass is 373 g/mol. The molecule has 3 heterocycles. The fourth-order valence-electron chi connectivity index (χ4n) is 3.06. The fraction of sp³-hybridized carbons (Fsp3) is 0.294. The van der Waals surface area contributed by atoms with Gasteiger partial charge in [-0.3, -0.25) is 14.0 Å². The summed E-state index contributed by atoms with van der Waals surface area (Å²) in [6.07, 6.45) is 4.82. The van der Waals surface area contributed by atoms with Gasteiger partial charge in [-0.1, -0.05) is 6.07 Å². The van der Waals surface area contributed by atoms with Gasteiger partial charge >= 0.3 is 0 Å². The minimum Gasteiger partial charge on any atom is -0.324 e. The summed E-state index contributed by atoms with van der Waals surface area (Å²) >= 11 is 1.47. The third-order valence-corrected chi connectivity index (χ3v) is 5.60. The van der Waals surface area contributed by atoms with Gasteiger partial charge in [-0.05, 0) is 31.0 Å². The third kappa shape index (κ3) is 3.10. The van der Waals surface area contributed by atoms with E-state index in [0.29, 0.717) is 23.8 Å². The molecule has 26 heavy (non-hydrogen) atoms. The Morgan fingerprint density at radius 3 is 3.04 bits per heavy atom. The first-order valence-corrected chi connectivity index (χ1v) is 9.28. The molecule has 134 valence electrons. The van der Waals surface area contributed by atoms with Crippen molar-refractivity contribution < 1.29 is 9.18 Å². The van der Waals surface area contributed by atoms with Crippen molar-refractivity contribution in [2.75, 3.05) is 11.4 Å². The van der Waals surface area contributed by atoms with Crippen molar-refractivity contribution in [3.05, 3.63) is 58.7 Å². The van der Waals surface area contributed by atoms with Crippen molar-refractivity contribution in [1.82, 2.24) is 19.6 Å². The van der Waals surface area contributed by atoms with Crippen molar-refractivity contribution >= 4 is 29.0 Å². The molecule has 1 fully saturated rings. The van der Waals surface area contributed by atoms with Gasteiger partial charge in [-0.25, -0.2) is 4.39 Å². The Morgan fingerprint density at radius 1 is 1.31 bits per heavy atom. The van der Waals surface area contributed by atoms with Gasteiger partial charge in [0.15, 0.2) is 0 Å². The summed E-state index contributed by atoms with van der Waals surface area (Å²) in [6, 6.07) is 6.09. The van der Waals surface area contributed by atoms with Gasteiger partial charge in [0.2, 0.25) is 11.6 Å². The first-order chi connectivity index (χ1) is 12.6. The Labute approximate surface area is 152 Å². The number of carbonyl (C=O) groups excluding carboxylic acids is 1. The second-order valence-corrected chi connectivity index (χ2v) is 7.20. The summed E-state index contributed by atoms with van der Waals surface area (Å²) in [5, 5.41) is 7.71. The molecule has 1 aliphatic rings. The lowest BCUT2D eigenvalue weighted by molar-refractivity contribution is -0.119. The maximum Gasteiger partial charge on any atom is 0.293 e. The Balaban J connectivity index is 1.50. The summed E-state index contributed by atoms with van der Waals surface area (Å²) in [5.74, 6) is 0.688. The van der Waals surface area contributed by atoms with Crippen LogP contribution in [0.2, 0.25) is 0 Å². The first-order valence-electron chi connectivity index (χ1n) is 8.23. The van der Waals surface area contributed by atoms with E-state index in [4.69, 9.17) is 0 Å². The molecule has 0 bridgehead atoms. The van der Waals surface area contributed by atoms with Crippen LogP contribution in [0.5, 0.6) is 0 Å². The first kappa shape index (κ1) is 16.8. The molecule has 4 rings (SSSR count). The summed E-state index contributed by atoms with van der Waals surface area (Å²) in [6.45, 7) is 0.586. The second-order valence-electron chi connectivity index (χ2n) is 6.01. The maximum absolute atomic E-state index is 13.5. The zero-order valence-electron chi connectivity index (χ0n) is 13.8. The van der Waals surface area contributed by atoms with Crippen LogP contribution in [0.1, 0.15) is 18.7 Å². The number of rotatable bonds is 4. The molecule has 0 aliphatic carbocycles. The van der Waals surface area contributed by atoms with E-state index in [1.807, 2.05) is 0 Å². The van der Waals surface area contributed by atoms with Crippen LogP contribution in [0.3, 0.4) is 0 Å². The third-order valence-electron chi connectivity index (χ3n) is 4.33. The number of fused-ring (bicyclic) bond motifs is 1. The Bertz CT molecular complexity index is 1020. The summed E-state index contributed by atoms with van der Waals surface area (Å²) in [4.78, 5) is 28.7. The lowest BCUT2D eigenvalue weighted by Gasteiger charge is -2.32. The smallest absolute Gasteiger partial charge is 0.293 e. The van der Waals surface area contributed by atoms with Crippen molar-refractivity contribution in [3.63, 3.8) is 0 Å². The van der Waals surface area contributed by atoms with Gasteiger partial charge in [0.05, 0.1) is 11.0 Å². The van der Waals surface area contributed by atoms with Crippen LogP contribution < -0.4 is 10.5 Å². The predicted octanol–water partition coefficient (Wildman–Crippen LogP) is 1.99. The van der Waals surface area contributed by atoms with Gasteiger partial charge in [0.1, 0.15) is 11.6 Å². The molecule has 1 amide bonds. The lowest BCUT2D eigenvalue weighted by atomic mass is 10.1. The van der Waals surface area contributed by atoms with E-state index < -0.39 is 0 Å². The van der Waals surface area contributed by atoms with Crippen LogP contribution in [0, 0.1) is 5.82 Å². The normalized spacial score (nSPS) is 17.8. The number of amides is 1. The highest BCUT2D eigenvalue weighted by Gasteiger charge is 2.30. The molecule has 0 spiro atoms. The van der Waals surface area contributed by atoms with Crippen molar-refractivity contribution in [2.24, 2.45) is 0 Å². The van der Waals surface area contributed by atoms with E-state index in [0.717, 1.165) is 12.8 Å². The van der Waals surface area contributed by atoms with Crippen molar-refractivity contribution in [3.8, 4) is 0 Å². The summed E-state index contributed by atoms with van der Waals surface area (Å²) in [5.41, 5.74) is 0.515. The number of benzene rings is 1. The average Bonchev–Trinajstić information content (AvgIpc) is 3.05. The van der Waals surface area contributed by atoms with Crippen LogP contribution in [0.4, 0.5) is 10.1 Å². The van der Waals surface area contributed by atoms with Crippen LogP contribution in [-0.2, 0) is 10.5 Å². The Kier molecular flexibility index (Phi) is 4.46. The Morgan fingerprint density at radius 2 is 2.19 bits per heavy atom. The van der Waals surface area contributed by atoms with E-state index >= 15 is 0 Å². The SMILES string of the molecule is O=C1C(SCc2nnc3c(=O)[nH]ccn23)CCCN1c1cccc(F)c1. The fourth-order valence-corrected chi connectivity index (χ4v) is 4.21. The Hall–Kier alpha value is -2.68. The van der Waals surface area contributed by atoms with Gasteiger partial charge in [0.25, 0.3) is 5.56 Å². The molecule has 1 aliphatic heterocycles. The largest absolute Gasteiger partial charge is 0.324 e. The average molecular weight is 373 g/mol. The number of anilines is 1. The number of halogens is 1. The number of aromatic nitrogens is 4. The lowest BCUT2D eigenvalue weighted by Crippen LogP contribution is -2.43. The molecule has 9 heteroatoms. The quantitative estimate of drug-likeness (QED) is 0.756. The maximum atomic E-state index is 13.5. The summed E-state index contributed by atoms with van der Waals surface area (Å²) in [7, 11) is 0. The molecule has 3 aromatic rings. The minimum atomic E-state index is -0.356. The second kappa shape index (κ2) is 6.91. The van der Waals surface area contributed by atoms with Crippen molar-refractivity contribution in [2.45, 2.75) is 23.8 Å². The molecule has 1 saturated heterocycles. The number of H-pyrrole nitrogens is 1. The van der Waals surface area contributed by atoms with Gasteiger partial charge < -0.3 is 9.88 Å². The zero-order chi connectivity index (χ0) is 18.1. The van der Waals surface area contributed by atoms with Gasteiger partial charge in [-0.15, -0.1) is 22.0 Å². The molecule has 1 unspecified atom stereocenters. The topological polar surface area (TPSA) is 83.4 Å². The number of thioether (sulfide) groups is 1. The molecule has 0 radical (unpaired) electrons. The van der Waals surface area contributed by atoms with Crippen LogP contribution in [0.25, 0.3) is 5.65 Å². The zero-order valence-corrected chi connectivity index (χ0v) is 14.6. The standard InChI is InChI=1S/C17H16FN5O2S/c18-11-3-1-4-12(9-11)22-7-2-5-13(17(22)25)26-10-14-20-21-15-16(24)19-6-8-23(14)15/h1,3-4,6,8-9,13H,2,5,7,10H2,(H,19,24). The molecular formula is C17H16FN5O2S. The predicted molar refractivity (Wildman–Crippen MR) is 96.7 cm³/mol. The number of piperidine rings is 1. The number of hydrogen-bond donors (Lipinski definition) is 1. The number of hydrogen-bond acceptors (Lipinski definition) is 5. The van der Waals surface area contributed by atoms with E-state index in [1.165, 1.54) is 30.1 Å². The van der Waals surface area contributed by atoms with E-state index in [9.17, 15) is 14.0 Å². The number of carbonyl (C=O) groups is 1. The summed E-state index contributed by atoms with van der Waals surface area (Å²) < 4.78 is 15.1. The molecule has 7 nitrogen and oxygen atoms in total. The highest BCUT2D eigenvalue weighted by molar-refractivity contribution is 7.99. The van der Waals surface area contributed by atoms with Crippen LogP contribution in [0.15, 0.2) is 41.5 Å². The molecular weight excluding hydrogens is 357 g/mol. The van der Waals surface area contributed by atoms with E-state index in [1.54, 1.807) is 27.6 Å². The number of nitrogens with one attached hydrogen (secondary N) is 1. The van der Waals surface area contributed by atoms with Crippen LogP contribution >= 0.6 is 11.8 Å². The van der Waals surface area contributed by atoms with E-state index in [2.05, 4.69) is 15.2 Å². The van der Waals surface area contributed by atoms with Gasteiger partial charge in [0, 0.05) is 24.6 Å². The highest BCUT2D eigenvalue weighted by Crippen LogP contribution is 2.29. The molecule has 1 N–H and O–H groups in total. The van der Waals surface area contributed by atoms with Crippen LogP contribution in [-0.4, -0.2) is 37.3 Å². The molecule has 1 atom stereocenters. The molecule has 0 saturated carbocycles. The highest BCUT2D eigenvalue weighted by atomic mass is 32.2.